The van der Waals surface area contributed by atoms with E-state index in [1.165, 1.54) is 5.56 Å². The van der Waals surface area contributed by atoms with Crippen molar-refractivity contribution in [3.8, 4) is 0 Å². The van der Waals surface area contributed by atoms with Crippen LogP contribution in [0.25, 0.3) is 5.57 Å². The highest BCUT2D eigenvalue weighted by Crippen LogP contribution is 2.27. The average molecular weight is 235 g/mol. The molecule has 2 heteroatoms. The Labute approximate surface area is 106 Å². The second kappa shape index (κ2) is 4.49. The minimum absolute atomic E-state index is 0.0360. The molecule has 1 aliphatic carbocycles. The normalized spacial score (nSPS) is 12.8. The predicted molar refractivity (Wildman–Crippen MR) is 73.2 cm³/mol. The molecule has 0 heterocycles. The standard InChI is InChI=1S/C16H13NO/c18-16(17-13-7-2-1-3-8-13)15-11-10-12-6-4-5-9-14(12)15/h1-9,11H,10H2,(H,17,18). The quantitative estimate of drug-likeness (QED) is 0.850. The first kappa shape index (κ1) is 10.8. The summed E-state index contributed by atoms with van der Waals surface area (Å²) in [5, 5.41) is 2.92. The number of hydrogen-bond donors (Lipinski definition) is 1. The number of nitrogens with one attached hydrogen (secondary N) is 1. The topological polar surface area (TPSA) is 29.1 Å². The molecular formula is C16H13NO. The third-order valence-electron chi connectivity index (χ3n) is 3.11. The lowest BCUT2D eigenvalue weighted by molar-refractivity contribution is -0.111. The minimum Gasteiger partial charge on any atom is -0.322 e. The maximum Gasteiger partial charge on any atom is 0.255 e. The van der Waals surface area contributed by atoms with E-state index in [1.54, 1.807) is 0 Å². The Kier molecular flexibility index (Phi) is 2.69. The second-order valence-corrected chi connectivity index (χ2v) is 4.30. The van der Waals surface area contributed by atoms with Crippen LogP contribution in [0.1, 0.15) is 11.1 Å². The Hall–Kier alpha value is -2.35. The molecule has 2 aromatic carbocycles. The fourth-order valence-electron chi connectivity index (χ4n) is 2.22. The van der Waals surface area contributed by atoms with Crippen LogP contribution in [0.2, 0.25) is 0 Å². The number of anilines is 1. The molecule has 0 unspecified atom stereocenters. The Bertz CT molecular complexity index is 614. The number of fused-ring (bicyclic) bond motifs is 1. The van der Waals surface area contributed by atoms with E-state index in [-0.39, 0.29) is 5.91 Å². The highest BCUT2D eigenvalue weighted by molar-refractivity contribution is 6.26. The van der Waals surface area contributed by atoms with Gasteiger partial charge in [0, 0.05) is 11.3 Å². The summed E-state index contributed by atoms with van der Waals surface area (Å²) in [4.78, 5) is 12.2. The number of allylic oxidation sites excluding steroid dienone is 1. The van der Waals surface area contributed by atoms with Gasteiger partial charge in [-0.15, -0.1) is 0 Å². The summed E-state index contributed by atoms with van der Waals surface area (Å²) < 4.78 is 0. The zero-order chi connectivity index (χ0) is 12.4. The van der Waals surface area contributed by atoms with Gasteiger partial charge in [-0.05, 0) is 29.7 Å². The molecule has 1 aliphatic rings. The largest absolute Gasteiger partial charge is 0.322 e. The molecule has 1 N–H and O–H groups in total. The van der Waals surface area contributed by atoms with Crippen molar-refractivity contribution in [3.05, 3.63) is 71.8 Å². The van der Waals surface area contributed by atoms with Gasteiger partial charge >= 0.3 is 0 Å². The van der Waals surface area contributed by atoms with Crippen molar-refractivity contribution in [1.82, 2.24) is 0 Å². The molecule has 18 heavy (non-hydrogen) atoms. The Balaban J connectivity index is 1.83. The number of hydrogen-bond acceptors (Lipinski definition) is 1. The molecule has 0 radical (unpaired) electrons. The third-order valence-corrected chi connectivity index (χ3v) is 3.11. The van der Waals surface area contributed by atoms with Crippen molar-refractivity contribution >= 4 is 17.2 Å². The zero-order valence-corrected chi connectivity index (χ0v) is 9.89. The minimum atomic E-state index is -0.0360. The van der Waals surface area contributed by atoms with Crippen LogP contribution in [0.15, 0.2) is 60.7 Å². The van der Waals surface area contributed by atoms with Crippen LogP contribution in [-0.4, -0.2) is 5.91 Å². The average Bonchev–Trinajstić information content (AvgIpc) is 2.84. The van der Waals surface area contributed by atoms with Crippen LogP contribution < -0.4 is 5.32 Å². The van der Waals surface area contributed by atoms with Crippen molar-refractivity contribution in [1.29, 1.82) is 0 Å². The van der Waals surface area contributed by atoms with Gasteiger partial charge in [0.2, 0.25) is 0 Å². The maximum atomic E-state index is 12.2. The smallest absolute Gasteiger partial charge is 0.255 e. The van der Waals surface area contributed by atoms with E-state index in [1.807, 2.05) is 54.6 Å². The van der Waals surface area contributed by atoms with Crippen molar-refractivity contribution in [2.75, 3.05) is 5.32 Å². The molecule has 0 aliphatic heterocycles. The monoisotopic (exact) mass is 235 g/mol. The van der Waals surface area contributed by atoms with Gasteiger partial charge in [0.1, 0.15) is 0 Å². The van der Waals surface area contributed by atoms with Crippen LogP contribution >= 0.6 is 0 Å². The van der Waals surface area contributed by atoms with E-state index in [0.29, 0.717) is 0 Å². The molecule has 2 aromatic rings. The molecule has 0 saturated heterocycles. The molecule has 0 aromatic heterocycles. The summed E-state index contributed by atoms with van der Waals surface area (Å²) in [5.74, 6) is -0.0360. The first-order chi connectivity index (χ1) is 8.84. The van der Waals surface area contributed by atoms with E-state index < -0.39 is 0 Å². The van der Waals surface area contributed by atoms with Crippen molar-refractivity contribution in [2.24, 2.45) is 0 Å². The second-order valence-electron chi connectivity index (χ2n) is 4.30. The summed E-state index contributed by atoms with van der Waals surface area (Å²) >= 11 is 0. The molecule has 0 saturated carbocycles. The highest BCUT2D eigenvalue weighted by atomic mass is 16.1. The van der Waals surface area contributed by atoms with Crippen LogP contribution in [0.4, 0.5) is 5.69 Å². The van der Waals surface area contributed by atoms with Gasteiger partial charge in [-0.25, -0.2) is 0 Å². The van der Waals surface area contributed by atoms with Gasteiger partial charge in [0.05, 0.1) is 0 Å². The Morgan fingerprint density at radius 2 is 1.67 bits per heavy atom. The fraction of sp³-hybridized carbons (Fsp3) is 0.0625. The van der Waals surface area contributed by atoms with Gasteiger partial charge in [-0.1, -0.05) is 48.5 Å². The molecular weight excluding hydrogens is 222 g/mol. The number of para-hydroxylation sites is 1. The molecule has 0 bridgehead atoms. The lowest BCUT2D eigenvalue weighted by Crippen LogP contribution is -2.12. The summed E-state index contributed by atoms with van der Waals surface area (Å²) in [6.07, 6.45) is 2.83. The van der Waals surface area contributed by atoms with Gasteiger partial charge in [-0.3, -0.25) is 4.79 Å². The van der Waals surface area contributed by atoms with Gasteiger partial charge in [-0.2, -0.15) is 0 Å². The summed E-state index contributed by atoms with van der Waals surface area (Å²) in [5.41, 5.74) is 3.86. The van der Waals surface area contributed by atoms with E-state index in [4.69, 9.17) is 0 Å². The maximum absolute atomic E-state index is 12.2. The molecule has 0 spiro atoms. The molecule has 0 atom stereocenters. The summed E-state index contributed by atoms with van der Waals surface area (Å²) in [6, 6.07) is 17.6. The van der Waals surface area contributed by atoms with Crippen LogP contribution in [0, 0.1) is 0 Å². The van der Waals surface area contributed by atoms with E-state index >= 15 is 0 Å². The van der Waals surface area contributed by atoms with E-state index in [2.05, 4.69) is 11.4 Å². The van der Waals surface area contributed by atoms with E-state index in [0.717, 1.165) is 23.2 Å². The van der Waals surface area contributed by atoms with E-state index in [9.17, 15) is 4.79 Å². The van der Waals surface area contributed by atoms with Crippen molar-refractivity contribution in [2.45, 2.75) is 6.42 Å². The summed E-state index contributed by atoms with van der Waals surface area (Å²) in [7, 11) is 0. The number of carbonyl (C=O) groups excluding carboxylic acids is 1. The molecule has 88 valence electrons. The lowest BCUT2D eigenvalue weighted by Gasteiger charge is -2.07. The highest BCUT2D eigenvalue weighted by Gasteiger charge is 2.19. The first-order valence-corrected chi connectivity index (χ1v) is 5.99. The van der Waals surface area contributed by atoms with Crippen molar-refractivity contribution < 1.29 is 4.79 Å². The first-order valence-electron chi connectivity index (χ1n) is 5.99. The number of amides is 1. The fourth-order valence-corrected chi connectivity index (χ4v) is 2.22. The molecule has 0 fully saturated rings. The number of carbonyl (C=O) groups is 1. The Morgan fingerprint density at radius 1 is 0.944 bits per heavy atom. The molecule has 3 rings (SSSR count). The number of rotatable bonds is 2. The summed E-state index contributed by atoms with van der Waals surface area (Å²) in [6.45, 7) is 0. The third kappa shape index (κ3) is 1.93. The zero-order valence-electron chi connectivity index (χ0n) is 9.89. The van der Waals surface area contributed by atoms with Crippen LogP contribution in [0.3, 0.4) is 0 Å². The van der Waals surface area contributed by atoms with Gasteiger partial charge < -0.3 is 5.32 Å². The van der Waals surface area contributed by atoms with Gasteiger partial charge in [0.15, 0.2) is 0 Å². The predicted octanol–water partition coefficient (Wildman–Crippen LogP) is 3.26. The SMILES string of the molecule is O=C(Nc1ccccc1)C1=CCc2ccccc21. The number of benzene rings is 2. The molecule has 2 nitrogen and oxygen atoms in total. The van der Waals surface area contributed by atoms with Gasteiger partial charge in [0.25, 0.3) is 5.91 Å². The molecule has 1 amide bonds. The van der Waals surface area contributed by atoms with Crippen LogP contribution in [-0.2, 0) is 11.2 Å². The lowest BCUT2D eigenvalue weighted by atomic mass is 10.1. The van der Waals surface area contributed by atoms with Crippen LogP contribution in [0.5, 0.6) is 0 Å². The van der Waals surface area contributed by atoms with Crippen molar-refractivity contribution in [3.63, 3.8) is 0 Å². The Morgan fingerprint density at radius 3 is 2.50 bits per heavy atom.